The van der Waals surface area contributed by atoms with Crippen LogP contribution in [0.2, 0.25) is 0 Å². The molecule has 0 aliphatic carbocycles. The second kappa shape index (κ2) is 12.6. The summed E-state index contributed by atoms with van der Waals surface area (Å²) in [6.45, 7) is 7.73. The lowest BCUT2D eigenvalue weighted by molar-refractivity contribution is 0.0743. The van der Waals surface area contributed by atoms with Gasteiger partial charge >= 0.3 is 0 Å². The SMILES string of the molecule is O=C(c1ccc(C(=O)N2CCN(c3ccc(OCCCN4CCCCC4)cc3F)CC2)cc1)N1CCCC1. The Morgan fingerprint density at radius 3 is 1.89 bits per heavy atom. The molecule has 2 aromatic carbocycles. The van der Waals surface area contributed by atoms with Gasteiger partial charge < -0.3 is 24.3 Å². The van der Waals surface area contributed by atoms with Crippen molar-refractivity contribution in [2.45, 2.75) is 38.5 Å². The average molecular weight is 523 g/mol. The van der Waals surface area contributed by atoms with E-state index < -0.39 is 0 Å². The summed E-state index contributed by atoms with van der Waals surface area (Å²) in [5.41, 5.74) is 1.74. The summed E-state index contributed by atoms with van der Waals surface area (Å²) in [4.78, 5) is 33.7. The molecule has 0 N–H and O–H groups in total. The van der Waals surface area contributed by atoms with E-state index in [-0.39, 0.29) is 17.6 Å². The summed E-state index contributed by atoms with van der Waals surface area (Å²) in [5.74, 6) is 0.242. The fraction of sp³-hybridized carbons (Fsp3) is 0.533. The van der Waals surface area contributed by atoms with Crippen LogP contribution in [0.5, 0.6) is 5.75 Å². The van der Waals surface area contributed by atoms with Crippen LogP contribution in [0, 0.1) is 5.82 Å². The van der Waals surface area contributed by atoms with Crippen molar-refractivity contribution in [2.24, 2.45) is 0 Å². The van der Waals surface area contributed by atoms with Gasteiger partial charge in [-0.15, -0.1) is 0 Å². The molecule has 3 heterocycles. The molecule has 5 rings (SSSR count). The highest BCUT2D eigenvalue weighted by atomic mass is 19.1. The molecule has 2 aromatic rings. The standard InChI is InChI=1S/C30H39FN4O3/c31-27-23-26(38-22-6-15-32-13-2-1-3-14-32)11-12-28(27)33-18-20-35(21-19-33)30(37)25-9-7-24(8-10-25)29(36)34-16-4-5-17-34/h7-12,23H,1-6,13-22H2. The first-order valence-corrected chi connectivity index (χ1v) is 14.2. The summed E-state index contributed by atoms with van der Waals surface area (Å²) in [6.07, 6.45) is 6.94. The van der Waals surface area contributed by atoms with Crippen LogP contribution in [0.1, 0.15) is 59.2 Å². The summed E-state index contributed by atoms with van der Waals surface area (Å²) in [5, 5.41) is 0. The Morgan fingerprint density at radius 1 is 0.711 bits per heavy atom. The molecule has 3 aliphatic heterocycles. The Balaban J connectivity index is 1.08. The number of hydrogen-bond acceptors (Lipinski definition) is 5. The normalized spacial score (nSPS) is 18.6. The summed E-state index contributed by atoms with van der Waals surface area (Å²) >= 11 is 0. The number of rotatable bonds is 8. The zero-order valence-corrected chi connectivity index (χ0v) is 22.2. The van der Waals surface area contributed by atoms with E-state index in [1.165, 1.54) is 38.4 Å². The van der Waals surface area contributed by atoms with E-state index in [1.54, 1.807) is 35.2 Å². The fourth-order valence-corrected chi connectivity index (χ4v) is 5.69. The number of carbonyl (C=O) groups excluding carboxylic acids is 2. The van der Waals surface area contributed by atoms with Gasteiger partial charge in [-0.3, -0.25) is 9.59 Å². The number of benzene rings is 2. The van der Waals surface area contributed by atoms with E-state index in [4.69, 9.17) is 4.74 Å². The molecule has 2 amide bonds. The van der Waals surface area contributed by atoms with Gasteiger partial charge in [0.2, 0.25) is 0 Å². The Labute approximate surface area is 225 Å². The fourth-order valence-electron chi connectivity index (χ4n) is 5.69. The molecule has 0 radical (unpaired) electrons. The lowest BCUT2D eigenvalue weighted by atomic mass is 10.1. The van der Waals surface area contributed by atoms with Crippen molar-refractivity contribution in [3.8, 4) is 5.75 Å². The van der Waals surface area contributed by atoms with Gasteiger partial charge in [0.15, 0.2) is 0 Å². The number of anilines is 1. The van der Waals surface area contributed by atoms with E-state index in [9.17, 15) is 14.0 Å². The molecule has 0 saturated carbocycles. The van der Waals surface area contributed by atoms with Gasteiger partial charge in [0, 0.05) is 63.0 Å². The minimum absolute atomic E-state index is 0.0333. The van der Waals surface area contributed by atoms with Gasteiger partial charge in [0.1, 0.15) is 11.6 Å². The maximum absolute atomic E-state index is 14.9. The zero-order chi connectivity index (χ0) is 26.3. The highest BCUT2D eigenvalue weighted by Gasteiger charge is 2.25. The third-order valence-electron chi connectivity index (χ3n) is 7.93. The van der Waals surface area contributed by atoms with E-state index in [2.05, 4.69) is 4.90 Å². The Kier molecular flexibility index (Phi) is 8.79. The molecule has 204 valence electrons. The summed E-state index contributed by atoms with van der Waals surface area (Å²) < 4.78 is 20.7. The Morgan fingerprint density at radius 2 is 1.29 bits per heavy atom. The molecule has 3 fully saturated rings. The molecule has 8 heteroatoms. The lowest BCUT2D eigenvalue weighted by Gasteiger charge is -2.36. The van der Waals surface area contributed by atoms with Crippen LogP contribution in [0.25, 0.3) is 0 Å². The first kappa shape index (κ1) is 26.5. The molecule has 0 atom stereocenters. The molecule has 0 aromatic heterocycles. The van der Waals surface area contributed by atoms with Gasteiger partial charge in [0.05, 0.1) is 12.3 Å². The Bertz CT molecular complexity index is 1090. The topological polar surface area (TPSA) is 56.3 Å². The predicted molar refractivity (Wildman–Crippen MR) is 146 cm³/mol. The molecule has 7 nitrogen and oxygen atoms in total. The summed E-state index contributed by atoms with van der Waals surface area (Å²) in [6, 6.07) is 12.1. The number of piperazine rings is 1. The van der Waals surface area contributed by atoms with Gasteiger partial charge in [-0.05, 0) is 81.6 Å². The number of halogens is 1. The quantitative estimate of drug-likeness (QED) is 0.485. The number of nitrogens with zero attached hydrogens (tertiary/aromatic N) is 4. The van der Waals surface area contributed by atoms with Crippen LogP contribution in [-0.2, 0) is 0 Å². The van der Waals surface area contributed by atoms with E-state index >= 15 is 0 Å². The Hall–Kier alpha value is -3.13. The zero-order valence-electron chi connectivity index (χ0n) is 22.2. The smallest absolute Gasteiger partial charge is 0.253 e. The van der Waals surface area contributed by atoms with Gasteiger partial charge in [0.25, 0.3) is 11.8 Å². The van der Waals surface area contributed by atoms with Crippen LogP contribution in [-0.4, -0.2) is 92.0 Å². The summed E-state index contributed by atoms with van der Waals surface area (Å²) in [7, 11) is 0. The van der Waals surface area contributed by atoms with Crippen molar-refractivity contribution in [3.05, 3.63) is 59.4 Å². The third-order valence-corrected chi connectivity index (χ3v) is 7.93. The van der Waals surface area contributed by atoms with Crippen molar-refractivity contribution in [1.82, 2.24) is 14.7 Å². The lowest BCUT2D eigenvalue weighted by Crippen LogP contribution is -2.49. The molecule has 0 spiro atoms. The second-order valence-corrected chi connectivity index (χ2v) is 10.6. The van der Waals surface area contributed by atoms with E-state index in [0.717, 1.165) is 38.9 Å². The van der Waals surface area contributed by atoms with Gasteiger partial charge in [-0.2, -0.15) is 0 Å². The van der Waals surface area contributed by atoms with Crippen LogP contribution >= 0.6 is 0 Å². The number of amides is 2. The molecule has 0 bridgehead atoms. The van der Waals surface area contributed by atoms with Crippen LogP contribution < -0.4 is 9.64 Å². The molecule has 3 aliphatic rings. The minimum Gasteiger partial charge on any atom is -0.493 e. The largest absolute Gasteiger partial charge is 0.493 e. The first-order chi connectivity index (χ1) is 18.6. The van der Waals surface area contributed by atoms with Gasteiger partial charge in [-0.1, -0.05) is 6.42 Å². The van der Waals surface area contributed by atoms with Crippen molar-refractivity contribution >= 4 is 17.5 Å². The predicted octanol–water partition coefficient (Wildman–Crippen LogP) is 4.28. The molecule has 38 heavy (non-hydrogen) atoms. The molecule has 0 unspecified atom stereocenters. The van der Waals surface area contributed by atoms with Crippen molar-refractivity contribution < 1.29 is 18.7 Å². The number of piperidine rings is 1. The maximum atomic E-state index is 14.9. The highest BCUT2D eigenvalue weighted by molar-refractivity contribution is 5.98. The third kappa shape index (κ3) is 6.46. The van der Waals surface area contributed by atoms with Crippen molar-refractivity contribution in [2.75, 3.05) is 70.4 Å². The van der Waals surface area contributed by atoms with E-state index in [1.807, 2.05) is 15.9 Å². The van der Waals surface area contributed by atoms with Crippen molar-refractivity contribution in [1.29, 1.82) is 0 Å². The molecular weight excluding hydrogens is 483 g/mol. The van der Waals surface area contributed by atoms with Crippen LogP contribution in [0.15, 0.2) is 42.5 Å². The van der Waals surface area contributed by atoms with Crippen molar-refractivity contribution in [3.63, 3.8) is 0 Å². The maximum Gasteiger partial charge on any atom is 0.253 e. The number of hydrogen-bond donors (Lipinski definition) is 0. The second-order valence-electron chi connectivity index (χ2n) is 10.6. The van der Waals surface area contributed by atoms with Crippen LogP contribution in [0.4, 0.5) is 10.1 Å². The first-order valence-electron chi connectivity index (χ1n) is 14.2. The van der Waals surface area contributed by atoms with Crippen LogP contribution in [0.3, 0.4) is 0 Å². The monoisotopic (exact) mass is 522 g/mol. The minimum atomic E-state index is -0.295. The van der Waals surface area contributed by atoms with Gasteiger partial charge in [-0.25, -0.2) is 4.39 Å². The highest BCUT2D eigenvalue weighted by Crippen LogP contribution is 2.26. The number of likely N-dealkylation sites (tertiary alicyclic amines) is 2. The molecular formula is C30H39FN4O3. The number of ether oxygens (including phenoxy) is 1. The average Bonchev–Trinajstić information content (AvgIpc) is 3.51. The number of carbonyl (C=O) groups is 2. The molecule has 3 saturated heterocycles. The van der Waals surface area contributed by atoms with E-state index in [0.29, 0.717) is 55.3 Å².